The molecule has 1 aliphatic rings. The molecule has 1 heterocycles. The summed E-state index contributed by atoms with van der Waals surface area (Å²) in [5.74, 6) is -1.19. The van der Waals surface area contributed by atoms with Gasteiger partial charge in [0, 0.05) is 17.1 Å². The van der Waals surface area contributed by atoms with Crippen molar-refractivity contribution in [2.45, 2.75) is 31.7 Å². The van der Waals surface area contributed by atoms with Crippen molar-refractivity contribution in [3.8, 4) is 0 Å². The maximum absolute atomic E-state index is 12.0. The molecule has 104 valence electrons. The van der Waals surface area contributed by atoms with Crippen molar-refractivity contribution >= 4 is 22.8 Å². The van der Waals surface area contributed by atoms with Crippen LogP contribution in [0.5, 0.6) is 0 Å². The molecule has 0 bridgehead atoms. The van der Waals surface area contributed by atoms with Gasteiger partial charge in [0.15, 0.2) is 0 Å². The zero-order chi connectivity index (χ0) is 14.3. The van der Waals surface area contributed by atoms with Crippen LogP contribution >= 0.6 is 0 Å². The molecule has 0 unspecified atom stereocenters. The van der Waals surface area contributed by atoms with E-state index in [9.17, 15) is 9.59 Å². The van der Waals surface area contributed by atoms with Gasteiger partial charge in [-0.2, -0.15) is 0 Å². The van der Waals surface area contributed by atoms with Crippen LogP contribution in [0.2, 0.25) is 0 Å². The molecule has 0 aliphatic heterocycles. The first kappa shape index (κ1) is 12.7. The molecule has 5 heteroatoms. The molecule has 0 radical (unpaired) electrons. The van der Waals surface area contributed by atoms with Crippen LogP contribution in [-0.2, 0) is 16.0 Å². The summed E-state index contributed by atoms with van der Waals surface area (Å²) >= 11 is 0. The van der Waals surface area contributed by atoms with Crippen LogP contribution in [0.3, 0.4) is 0 Å². The molecule has 1 aliphatic carbocycles. The van der Waals surface area contributed by atoms with Gasteiger partial charge in [0.25, 0.3) is 0 Å². The third kappa shape index (κ3) is 2.05. The Kier molecular flexibility index (Phi) is 2.78. The van der Waals surface area contributed by atoms with Gasteiger partial charge in [0.1, 0.15) is 5.54 Å². The summed E-state index contributed by atoms with van der Waals surface area (Å²) in [5.41, 5.74) is 2.02. The number of carboxylic acids is 1. The second kappa shape index (κ2) is 4.37. The van der Waals surface area contributed by atoms with E-state index in [0.29, 0.717) is 12.8 Å². The lowest BCUT2D eigenvalue weighted by Crippen LogP contribution is -2.43. The van der Waals surface area contributed by atoms with Crippen LogP contribution in [0.15, 0.2) is 24.4 Å². The molecule has 1 amide bonds. The Hall–Kier alpha value is -2.30. The maximum Gasteiger partial charge on any atom is 0.329 e. The smallest absolute Gasteiger partial charge is 0.329 e. The Labute approximate surface area is 116 Å². The van der Waals surface area contributed by atoms with E-state index >= 15 is 0 Å². The second-order valence-electron chi connectivity index (χ2n) is 5.42. The minimum atomic E-state index is -1.01. The van der Waals surface area contributed by atoms with Gasteiger partial charge in [0.05, 0.1) is 6.42 Å². The Morgan fingerprint density at radius 2 is 2.15 bits per heavy atom. The third-order valence-electron chi connectivity index (χ3n) is 3.90. The van der Waals surface area contributed by atoms with Gasteiger partial charge in [-0.25, -0.2) is 4.79 Å². The van der Waals surface area contributed by atoms with Crippen LogP contribution in [-0.4, -0.2) is 27.5 Å². The lowest BCUT2D eigenvalue weighted by molar-refractivity contribution is -0.143. The van der Waals surface area contributed by atoms with Crippen molar-refractivity contribution in [1.82, 2.24) is 10.3 Å². The Morgan fingerprint density at radius 3 is 2.80 bits per heavy atom. The molecule has 1 fully saturated rings. The largest absolute Gasteiger partial charge is 0.480 e. The van der Waals surface area contributed by atoms with Crippen molar-refractivity contribution in [2.24, 2.45) is 0 Å². The number of benzene rings is 1. The molecular weight excluding hydrogens is 256 g/mol. The van der Waals surface area contributed by atoms with E-state index in [1.54, 1.807) is 0 Å². The fourth-order valence-electron chi connectivity index (χ4n) is 2.51. The number of aliphatic carboxylic acids is 1. The van der Waals surface area contributed by atoms with Crippen LogP contribution in [0.4, 0.5) is 0 Å². The number of para-hydroxylation sites is 1. The zero-order valence-electron chi connectivity index (χ0n) is 11.2. The molecule has 3 rings (SSSR count). The van der Waals surface area contributed by atoms with Crippen LogP contribution in [0, 0.1) is 6.92 Å². The van der Waals surface area contributed by atoms with Crippen molar-refractivity contribution < 1.29 is 14.7 Å². The number of rotatable bonds is 4. The molecule has 5 nitrogen and oxygen atoms in total. The van der Waals surface area contributed by atoms with E-state index in [0.717, 1.165) is 22.0 Å². The van der Waals surface area contributed by atoms with Gasteiger partial charge in [0.2, 0.25) is 5.91 Å². The zero-order valence-corrected chi connectivity index (χ0v) is 11.2. The molecule has 1 aromatic heterocycles. The second-order valence-corrected chi connectivity index (χ2v) is 5.42. The molecule has 1 aromatic carbocycles. The molecular formula is C15H16N2O3. The van der Waals surface area contributed by atoms with E-state index < -0.39 is 11.5 Å². The normalized spacial score (nSPS) is 16.1. The van der Waals surface area contributed by atoms with E-state index in [1.807, 2.05) is 31.3 Å². The number of carbonyl (C=O) groups excluding carboxylic acids is 1. The maximum atomic E-state index is 12.0. The Bertz CT molecular complexity index is 698. The van der Waals surface area contributed by atoms with Crippen LogP contribution in [0.1, 0.15) is 24.0 Å². The fraction of sp³-hybridized carbons (Fsp3) is 0.333. The summed E-state index contributed by atoms with van der Waals surface area (Å²) in [5, 5.41) is 12.7. The van der Waals surface area contributed by atoms with E-state index in [2.05, 4.69) is 10.3 Å². The lowest BCUT2D eigenvalue weighted by Gasteiger charge is -2.11. The first-order chi connectivity index (χ1) is 9.52. The number of fused-ring (bicyclic) bond motifs is 1. The highest BCUT2D eigenvalue weighted by Gasteiger charge is 2.51. The number of amides is 1. The van der Waals surface area contributed by atoms with Crippen molar-refractivity contribution in [1.29, 1.82) is 0 Å². The highest BCUT2D eigenvalue weighted by Crippen LogP contribution is 2.35. The average Bonchev–Trinajstić information content (AvgIpc) is 3.06. The van der Waals surface area contributed by atoms with Crippen molar-refractivity contribution in [3.63, 3.8) is 0 Å². The monoisotopic (exact) mass is 272 g/mol. The van der Waals surface area contributed by atoms with E-state index in [-0.39, 0.29) is 12.3 Å². The third-order valence-corrected chi connectivity index (χ3v) is 3.90. The van der Waals surface area contributed by atoms with Crippen LogP contribution in [0.25, 0.3) is 10.9 Å². The number of nitrogens with one attached hydrogen (secondary N) is 2. The highest BCUT2D eigenvalue weighted by atomic mass is 16.4. The number of aromatic nitrogens is 1. The molecule has 0 atom stereocenters. The minimum absolute atomic E-state index is 0.193. The van der Waals surface area contributed by atoms with Gasteiger partial charge in [-0.1, -0.05) is 18.2 Å². The summed E-state index contributed by atoms with van der Waals surface area (Å²) < 4.78 is 0. The predicted molar refractivity (Wildman–Crippen MR) is 74.5 cm³/mol. The Morgan fingerprint density at radius 1 is 1.40 bits per heavy atom. The number of aryl methyl sites for hydroxylation is 1. The van der Waals surface area contributed by atoms with Gasteiger partial charge < -0.3 is 15.4 Å². The molecule has 3 N–H and O–H groups in total. The van der Waals surface area contributed by atoms with Gasteiger partial charge in [-0.3, -0.25) is 4.79 Å². The highest BCUT2D eigenvalue weighted by molar-refractivity contribution is 5.93. The number of carboxylic acid groups (broad SMARTS) is 1. The van der Waals surface area contributed by atoms with Gasteiger partial charge >= 0.3 is 5.97 Å². The summed E-state index contributed by atoms with van der Waals surface area (Å²) in [7, 11) is 0. The standard InChI is InChI=1S/C15H16N2O3/c1-9-3-2-4-11-10(8-16-13(9)11)7-12(18)17-15(5-6-15)14(19)20/h2-4,8,16H,5-7H2,1H3,(H,17,18)(H,19,20). The molecule has 2 aromatic rings. The topological polar surface area (TPSA) is 82.2 Å². The van der Waals surface area contributed by atoms with Crippen LogP contribution < -0.4 is 5.32 Å². The predicted octanol–water partition coefficient (Wildman–Crippen LogP) is 1.75. The average molecular weight is 272 g/mol. The Balaban J connectivity index is 1.78. The fourth-order valence-corrected chi connectivity index (χ4v) is 2.51. The van der Waals surface area contributed by atoms with E-state index in [4.69, 9.17) is 5.11 Å². The number of H-pyrrole nitrogens is 1. The SMILES string of the molecule is Cc1cccc2c(CC(=O)NC3(C(=O)O)CC3)c[nH]c12. The molecule has 1 saturated carbocycles. The van der Waals surface area contributed by atoms with Gasteiger partial charge in [-0.05, 0) is 30.9 Å². The number of carbonyl (C=O) groups is 2. The number of hydrogen-bond donors (Lipinski definition) is 3. The quantitative estimate of drug-likeness (QED) is 0.793. The number of hydrogen-bond acceptors (Lipinski definition) is 2. The summed E-state index contributed by atoms with van der Waals surface area (Å²) in [6.45, 7) is 2.01. The summed E-state index contributed by atoms with van der Waals surface area (Å²) in [6, 6.07) is 5.92. The first-order valence-electron chi connectivity index (χ1n) is 6.62. The van der Waals surface area contributed by atoms with Gasteiger partial charge in [-0.15, -0.1) is 0 Å². The van der Waals surface area contributed by atoms with E-state index in [1.165, 1.54) is 0 Å². The number of aromatic amines is 1. The molecule has 0 spiro atoms. The van der Waals surface area contributed by atoms with Crippen molar-refractivity contribution in [3.05, 3.63) is 35.5 Å². The molecule has 0 saturated heterocycles. The minimum Gasteiger partial charge on any atom is -0.480 e. The first-order valence-corrected chi connectivity index (χ1v) is 6.62. The van der Waals surface area contributed by atoms with Crippen molar-refractivity contribution in [2.75, 3.05) is 0 Å². The lowest BCUT2D eigenvalue weighted by atomic mass is 10.1. The summed E-state index contributed by atoms with van der Waals surface area (Å²) in [6.07, 6.45) is 3.04. The molecule has 20 heavy (non-hydrogen) atoms. The summed E-state index contributed by atoms with van der Waals surface area (Å²) in [4.78, 5) is 26.2.